The molecule has 0 bridgehead atoms. The zero-order valence-electron chi connectivity index (χ0n) is 17.4. The number of nitrogens with one attached hydrogen (secondary N) is 1. The number of anilines is 1. The summed E-state index contributed by atoms with van der Waals surface area (Å²) in [5.41, 5.74) is 3.66. The van der Waals surface area contributed by atoms with Crippen molar-refractivity contribution < 1.29 is 13.2 Å². The van der Waals surface area contributed by atoms with Gasteiger partial charge in [0.1, 0.15) is 0 Å². The van der Waals surface area contributed by atoms with Gasteiger partial charge in [0.25, 0.3) is 0 Å². The van der Waals surface area contributed by atoms with Crippen LogP contribution in [-0.2, 0) is 21.2 Å². The zero-order valence-corrected chi connectivity index (χ0v) is 19.0. The molecular formula is C22H29ClN2O3S. The number of benzene rings is 2. The SMILES string of the molecule is CCc1ccc([C@H](C)NC(=O)CCCN(c2cc(Cl)ccc2C)S(C)(=O)=O)cc1. The third-order valence-corrected chi connectivity index (χ3v) is 6.29. The van der Waals surface area contributed by atoms with Gasteiger partial charge in [0.2, 0.25) is 15.9 Å². The molecule has 5 nitrogen and oxygen atoms in total. The molecule has 158 valence electrons. The van der Waals surface area contributed by atoms with Crippen molar-refractivity contribution >= 4 is 33.2 Å². The minimum absolute atomic E-state index is 0.102. The van der Waals surface area contributed by atoms with Crippen molar-refractivity contribution in [2.75, 3.05) is 17.1 Å². The molecule has 0 unspecified atom stereocenters. The summed E-state index contributed by atoms with van der Waals surface area (Å²) in [6.07, 6.45) is 2.79. The molecule has 0 aliphatic heterocycles. The van der Waals surface area contributed by atoms with E-state index in [1.54, 1.807) is 18.2 Å². The molecule has 29 heavy (non-hydrogen) atoms. The number of hydrogen-bond acceptors (Lipinski definition) is 3. The topological polar surface area (TPSA) is 66.5 Å². The largest absolute Gasteiger partial charge is 0.350 e. The standard InChI is InChI=1S/C22H29ClN2O3S/c1-5-18-9-11-19(12-10-18)17(3)24-22(26)7-6-14-25(29(4,27)28)21-15-20(23)13-8-16(21)2/h8-13,15,17H,5-7,14H2,1-4H3,(H,24,26)/t17-/m0/s1. The van der Waals surface area contributed by atoms with Crippen molar-refractivity contribution in [1.82, 2.24) is 5.32 Å². The number of rotatable bonds is 9. The van der Waals surface area contributed by atoms with Crippen molar-refractivity contribution in [2.45, 2.75) is 46.1 Å². The molecule has 0 aromatic heterocycles. The first-order valence-corrected chi connectivity index (χ1v) is 12.0. The third-order valence-electron chi connectivity index (χ3n) is 4.87. The molecule has 0 saturated heterocycles. The maximum atomic E-state index is 12.3. The number of aryl methyl sites for hydroxylation is 2. The van der Waals surface area contributed by atoms with Gasteiger partial charge in [-0.2, -0.15) is 0 Å². The fourth-order valence-corrected chi connectivity index (χ4v) is 4.32. The first-order chi connectivity index (χ1) is 13.6. The summed E-state index contributed by atoms with van der Waals surface area (Å²) in [5.74, 6) is -0.103. The average Bonchev–Trinajstić information content (AvgIpc) is 2.66. The summed E-state index contributed by atoms with van der Waals surface area (Å²) in [4.78, 5) is 12.3. The van der Waals surface area contributed by atoms with E-state index in [9.17, 15) is 13.2 Å². The molecule has 2 rings (SSSR count). The van der Waals surface area contributed by atoms with Gasteiger partial charge in [0, 0.05) is 18.0 Å². The molecule has 2 aromatic rings. The summed E-state index contributed by atoms with van der Waals surface area (Å²) >= 11 is 6.04. The molecule has 0 heterocycles. The van der Waals surface area contributed by atoms with Crippen LogP contribution in [-0.4, -0.2) is 27.1 Å². The van der Waals surface area contributed by atoms with Crippen LogP contribution in [0.3, 0.4) is 0 Å². The molecule has 0 fully saturated rings. The highest BCUT2D eigenvalue weighted by molar-refractivity contribution is 7.92. The lowest BCUT2D eigenvalue weighted by atomic mass is 10.0. The van der Waals surface area contributed by atoms with Crippen LogP contribution in [0.5, 0.6) is 0 Å². The lowest BCUT2D eigenvalue weighted by molar-refractivity contribution is -0.121. The lowest BCUT2D eigenvalue weighted by Gasteiger charge is -2.24. The quantitative estimate of drug-likeness (QED) is 0.622. The number of halogens is 1. The van der Waals surface area contributed by atoms with E-state index in [4.69, 9.17) is 11.6 Å². The Morgan fingerprint density at radius 1 is 1.17 bits per heavy atom. The Bertz CT molecular complexity index is 943. The monoisotopic (exact) mass is 436 g/mol. The van der Waals surface area contributed by atoms with E-state index in [1.165, 1.54) is 9.87 Å². The van der Waals surface area contributed by atoms with E-state index < -0.39 is 10.0 Å². The summed E-state index contributed by atoms with van der Waals surface area (Å²) < 4.78 is 25.9. The number of sulfonamides is 1. The van der Waals surface area contributed by atoms with Gasteiger partial charge < -0.3 is 5.32 Å². The molecule has 2 aromatic carbocycles. The van der Waals surface area contributed by atoms with Crippen LogP contribution < -0.4 is 9.62 Å². The Morgan fingerprint density at radius 2 is 1.83 bits per heavy atom. The summed E-state index contributed by atoms with van der Waals surface area (Å²) in [6.45, 7) is 6.09. The summed E-state index contributed by atoms with van der Waals surface area (Å²) in [5, 5.41) is 3.45. The van der Waals surface area contributed by atoms with Crippen molar-refractivity contribution in [1.29, 1.82) is 0 Å². The number of nitrogens with zero attached hydrogens (tertiary/aromatic N) is 1. The van der Waals surface area contributed by atoms with Crippen LogP contribution >= 0.6 is 11.6 Å². The van der Waals surface area contributed by atoms with E-state index in [0.29, 0.717) is 17.1 Å². The van der Waals surface area contributed by atoms with Gasteiger partial charge in [-0.1, -0.05) is 48.9 Å². The van der Waals surface area contributed by atoms with Gasteiger partial charge in [-0.05, 0) is 55.5 Å². The predicted molar refractivity (Wildman–Crippen MR) is 120 cm³/mol. The molecule has 1 atom stereocenters. The van der Waals surface area contributed by atoms with Crippen LogP contribution in [0.2, 0.25) is 5.02 Å². The minimum Gasteiger partial charge on any atom is -0.350 e. The average molecular weight is 437 g/mol. The van der Waals surface area contributed by atoms with Crippen LogP contribution in [0.25, 0.3) is 0 Å². The van der Waals surface area contributed by atoms with Crippen LogP contribution in [0.1, 0.15) is 49.4 Å². The summed E-state index contributed by atoms with van der Waals surface area (Å²) in [6, 6.07) is 13.2. The van der Waals surface area contributed by atoms with Gasteiger partial charge in [-0.3, -0.25) is 9.10 Å². The number of hydrogen-bond donors (Lipinski definition) is 1. The highest BCUT2D eigenvalue weighted by Gasteiger charge is 2.20. The lowest BCUT2D eigenvalue weighted by Crippen LogP contribution is -2.33. The zero-order chi connectivity index (χ0) is 21.6. The van der Waals surface area contributed by atoms with Gasteiger partial charge in [-0.15, -0.1) is 0 Å². The first kappa shape index (κ1) is 23.2. The number of carbonyl (C=O) groups excluding carboxylic acids is 1. The second-order valence-electron chi connectivity index (χ2n) is 7.25. The second kappa shape index (κ2) is 10.1. The fraction of sp³-hybridized carbons (Fsp3) is 0.409. The molecule has 0 saturated carbocycles. The van der Waals surface area contributed by atoms with Crippen molar-refractivity contribution in [3.63, 3.8) is 0 Å². The molecule has 0 spiro atoms. The highest BCUT2D eigenvalue weighted by Crippen LogP contribution is 2.26. The molecular weight excluding hydrogens is 408 g/mol. The maximum Gasteiger partial charge on any atom is 0.232 e. The molecule has 7 heteroatoms. The first-order valence-electron chi connectivity index (χ1n) is 9.74. The van der Waals surface area contributed by atoms with Crippen molar-refractivity contribution in [3.8, 4) is 0 Å². The second-order valence-corrected chi connectivity index (χ2v) is 9.60. The molecule has 0 aliphatic rings. The van der Waals surface area contributed by atoms with E-state index in [-0.39, 0.29) is 24.9 Å². The highest BCUT2D eigenvalue weighted by atomic mass is 35.5. The maximum absolute atomic E-state index is 12.3. The molecule has 0 radical (unpaired) electrons. The molecule has 0 aliphatic carbocycles. The Hall–Kier alpha value is -2.05. The van der Waals surface area contributed by atoms with E-state index in [0.717, 1.165) is 23.8 Å². The van der Waals surface area contributed by atoms with Crippen molar-refractivity contribution in [3.05, 3.63) is 64.2 Å². The molecule has 1 N–H and O–H groups in total. The van der Waals surface area contributed by atoms with E-state index in [2.05, 4.69) is 24.4 Å². The van der Waals surface area contributed by atoms with E-state index in [1.807, 2.05) is 26.0 Å². The van der Waals surface area contributed by atoms with Gasteiger partial charge in [0.05, 0.1) is 18.0 Å². The Morgan fingerprint density at radius 3 is 2.41 bits per heavy atom. The fourth-order valence-electron chi connectivity index (χ4n) is 3.14. The normalized spacial score (nSPS) is 12.4. The smallest absolute Gasteiger partial charge is 0.232 e. The van der Waals surface area contributed by atoms with Gasteiger partial charge >= 0.3 is 0 Å². The van der Waals surface area contributed by atoms with Crippen LogP contribution in [0.4, 0.5) is 5.69 Å². The third kappa shape index (κ3) is 6.75. The van der Waals surface area contributed by atoms with Gasteiger partial charge in [-0.25, -0.2) is 8.42 Å². The van der Waals surface area contributed by atoms with Crippen LogP contribution in [0.15, 0.2) is 42.5 Å². The Kier molecular flexibility index (Phi) is 8.11. The summed E-state index contributed by atoms with van der Waals surface area (Å²) in [7, 11) is -3.48. The van der Waals surface area contributed by atoms with E-state index >= 15 is 0 Å². The van der Waals surface area contributed by atoms with Crippen LogP contribution in [0, 0.1) is 6.92 Å². The molecule has 1 amide bonds. The predicted octanol–water partition coefficient (Wildman–Crippen LogP) is 4.63. The van der Waals surface area contributed by atoms with Gasteiger partial charge in [0.15, 0.2) is 0 Å². The van der Waals surface area contributed by atoms with Crippen molar-refractivity contribution in [2.24, 2.45) is 0 Å². The Balaban J connectivity index is 1.96. The number of carbonyl (C=O) groups is 1. The minimum atomic E-state index is -3.48. The Labute approximate surface area is 179 Å². The number of amides is 1.